The predicted molar refractivity (Wildman–Crippen MR) is 65.6 cm³/mol. The first-order valence-electron chi connectivity index (χ1n) is 5.52. The Morgan fingerprint density at radius 2 is 2.11 bits per heavy atom. The largest absolute Gasteiger partial charge is 0.497 e. The van der Waals surface area contributed by atoms with Crippen molar-refractivity contribution in [2.24, 2.45) is 0 Å². The average molecular weight is 249 g/mol. The monoisotopic (exact) mass is 249 g/mol. The van der Waals surface area contributed by atoms with Crippen LogP contribution in [0.2, 0.25) is 0 Å². The number of rotatable bonds is 5. The van der Waals surface area contributed by atoms with E-state index in [-0.39, 0.29) is 6.61 Å². The van der Waals surface area contributed by atoms with Gasteiger partial charge in [-0.2, -0.15) is 0 Å². The van der Waals surface area contributed by atoms with E-state index in [1.54, 1.807) is 25.1 Å². The highest BCUT2D eigenvalue weighted by Crippen LogP contribution is 2.32. The quantitative estimate of drug-likeness (QED) is 0.854. The predicted octanol–water partition coefficient (Wildman–Crippen LogP) is 0.955. The third-order valence-electron chi connectivity index (χ3n) is 2.61. The van der Waals surface area contributed by atoms with Crippen LogP contribution in [0.25, 0.3) is 11.3 Å². The summed E-state index contributed by atoms with van der Waals surface area (Å²) in [6.45, 7) is 0.387. The summed E-state index contributed by atoms with van der Waals surface area (Å²) in [6, 6.07) is 5.50. The minimum absolute atomic E-state index is 0.00262. The number of hydrogen-bond donors (Lipinski definition) is 1. The van der Waals surface area contributed by atoms with Crippen molar-refractivity contribution >= 4 is 0 Å². The van der Waals surface area contributed by atoms with Crippen LogP contribution in [0.15, 0.2) is 24.4 Å². The molecule has 6 heteroatoms. The van der Waals surface area contributed by atoms with Gasteiger partial charge in [-0.25, -0.2) is 4.68 Å². The average Bonchev–Trinajstić information content (AvgIpc) is 2.86. The summed E-state index contributed by atoms with van der Waals surface area (Å²) in [5.41, 5.74) is 1.61. The van der Waals surface area contributed by atoms with Crippen molar-refractivity contribution in [2.75, 3.05) is 20.8 Å². The Morgan fingerprint density at radius 1 is 1.28 bits per heavy atom. The first-order valence-corrected chi connectivity index (χ1v) is 5.52. The smallest absolute Gasteiger partial charge is 0.128 e. The number of ether oxygens (including phenoxy) is 2. The van der Waals surface area contributed by atoms with E-state index >= 15 is 0 Å². The molecule has 0 fully saturated rings. The molecule has 0 spiro atoms. The molecular weight excluding hydrogens is 234 g/mol. The van der Waals surface area contributed by atoms with E-state index in [1.807, 2.05) is 18.2 Å². The van der Waals surface area contributed by atoms with E-state index < -0.39 is 0 Å². The van der Waals surface area contributed by atoms with Crippen molar-refractivity contribution in [1.82, 2.24) is 15.0 Å². The molecule has 1 heterocycles. The Bertz CT molecular complexity index is 525. The Hall–Kier alpha value is -2.08. The molecular formula is C12H15N3O3. The van der Waals surface area contributed by atoms with Gasteiger partial charge in [0.2, 0.25) is 0 Å². The minimum atomic E-state index is 0.00262. The van der Waals surface area contributed by atoms with Gasteiger partial charge in [-0.05, 0) is 18.2 Å². The second-order valence-corrected chi connectivity index (χ2v) is 3.63. The number of aliphatic hydroxyl groups excluding tert-OH is 1. The van der Waals surface area contributed by atoms with Gasteiger partial charge in [0.25, 0.3) is 0 Å². The molecule has 0 atom stereocenters. The molecule has 1 N–H and O–H groups in total. The van der Waals surface area contributed by atoms with Gasteiger partial charge in [0.1, 0.15) is 11.5 Å². The van der Waals surface area contributed by atoms with E-state index in [4.69, 9.17) is 14.6 Å². The van der Waals surface area contributed by atoms with E-state index in [2.05, 4.69) is 10.3 Å². The highest BCUT2D eigenvalue weighted by molar-refractivity contribution is 5.68. The molecule has 2 rings (SSSR count). The van der Waals surface area contributed by atoms with Crippen molar-refractivity contribution in [3.05, 3.63) is 24.4 Å². The molecule has 18 heavy (non-hydrogen) atoms. The molecule has 0 unspecified atom stereocenters. The minimum Gasteiger partial charge on any atom is -0.497 e. The summed E-state index contributed by atoms with van der Waals surface area (Å²) >= 11 is 0. The summed E-state index contributed by atoms with van der Waals surface area (Å²) in [5, 5.41) is 16.8. The van der Waals surface area contributed by atoms with Gasteiger partial charge >= 0.3 is 0 Å². The first-order chi connectivity index (χ1) is 8.80. The fraction of sp³-hybridized carbons (Fsp3) is 0.333. The van der Waals surface area contributed by atoms with Crippen molar-refractivity contribution in [3.63, 3.8) is 0 Å². The number of hydrogen-bond acceptors (Lipinski definition) is 5. The third-order valence-corrected chi connectivity index (χ3v) is 2.61. The van der Waals surface area contributed by atoms with Gasteiger partial charge in [-0.3, -0.25) is 0 Å². The summed E-state index contributed by atoms with van der Waals surface area (Å²) in [7, 11) is 3.21. The standard InChI is InChI=1S/C12H15N3O3/c1-17-9-3-4-12(18-2)10(7-9)11-8-13-14-15(11)5-6-16/h3-4,7-8,16H,5-6H2,1-2H3. The van der Waals surface area contributed by atoms with Crippen LogP contribution in [0.5, 0.6) is 11.5 Å². The highest BCUT2D eigenvalue weighted by atomic mass is 16.5. The molecule has 6 nitrogen and oxygen atoms in total. The Labute approximate surface area is 105 Å². The van der Waals surface area contributed by atoms with Crippen LogP contribution in [-0.2, 0) is 6.54 Å². The molecule has 0 aliphatic rings. The van der Waals surface area contributed by atoms with Gasteiger partial charge < -0.3 is 14.6 Å². The maximum absolute atomic E-state index is 8.99. The van der Waals surface area contributed by atoms with Crippen molar-refractivity contribution in [3.8, 4) is 22.8 Å². The summed E-state index contributed by atoms with van der Waals surface area (Å²) < 4.78 is 12.1. The zero-order valence-corrected chi connectivity index (χ0v) is 10.3. The Balaban J connectivity index is 2.50. The van der Waals surface area contributed by atoms with Crippen LogP contribution in [0.1, 0.15) is 0 Å². The molecule has 1 aromatic heterocycles. The van der Waals surface area contributed by atoms with Crippen LogP contribution < -0.4 is 9.47 Å². The molecule has 0 amide bonds. The second-order valence-electron chi connectivity index (χ2n) is 3.63. The number of nitrogens with zero attached hydrogens (tertiary/aromatic N) is 3. The lowest BCUT2D eigenvalue weighted by atomic mass is 10.1. The number of benzene rings is 1. The van der Waals surface area contributed by atoms with Crippen molar-refractivity contribution < 1.29 is 14.6 Å². The molecule has 0 aliphatic carbocycles. The van der Waals surface area contributed by atoms with Gasteiger partial charge in [0.05, 0.1) is 39.3 Å². The van der Waals surface area contributed by atoms with E-state index in [1.165, 1.54) is 0 Å². The van der Waals surface area contributed by atoms with Gasteiger partial charge in [0.15, 0.2) is 0 Å². The fourth-order valence-electron chi connectivity index (χ4n) is 1.74. The number of aliphatic hydroxyl groups is 1. The van der Waals surface area contributed by atoms with Crippen molar-refractivity contribution in [2.45, 2.75) is 6.54 Å². The SMILES string of the molecule is COc1ccc(OC)c(-c2cnnn2CCO)c1. The number of aromatic nitrogens is 3. The van der Waals surface area contributed by atoms with Gasteiger partial charge in [-0.1, -0.05) is 5.21 Å². The zero-order valence-electron chi connectivity index (χ0n) is 10.3. The Kier molecular flexibility index (Phi) is 3.78. The van der Waals surface area contributed by atoms with E-state index in [9.17, 15) is 0 Å². The highest BCUT2D eigenvalue weighted by Gasteiger charge is 2.13. The molecule has 0 saturated carbocycles. The summed E-state index contributed by atoms with van der Waals surface area (Å²) in [4.78, 5) is 0. The van der Waals surface area contributed by atoms with E-state index in [0.717, 1.165) is 17.0 Å². The second kappa shape index (κ2) is 5.50. The Morgan fingerprint density at radius 3 is 2.78 bits per heavy atom. The number of methoxy groups -OCH3 is 2. The molecule has 2 aromatic rings. The van der Waals surface area contributed by atoms with Crippen molar-refractivity contribution in [1.29, 1.82) is 0 Å². The van der Waals surface area contributed by atoms with Crippen LogP contribution in [0.4, 0.5) is 0 Å². The molecule has 0 radical (unpaired) electrons. The first kappa shape index (κ1) is 12.4. The zero-order chi connectivity index (χ0) is 13.0. The summed E-state index contributed by atoms with van der Waals surface area (Å²) in [5.74, 6) is 1.43. The third kappa shape index (κ3) is 2.28. The van der Waals surface area contributed by atoms with Crippen LogP contribution in [0, 0.1) is 0 Å². The molecule has 0 aliphatic heterocycles. The maximum Gasteiger partial charge on any atom is 0.128 e. The lowest BCUT2D eigenvalue weighted by molar-refractivity contribution is 0.268. The normalized spacial score (nSPS) is 10.4. The van der Waals surface area contributed by atoms with Gasteiger partial charge in [0, 0.05) is 5.56 Å². The van der Waals surface area contributed by atoms with Gasteiger partial charge in [-0.15, -0.1) is 5.10 Å². The molecule has 1 aromatic carbocycles. The fourth-order valence-corrected chi connectivity index (χ4v) is 1.74. The topological polar surface area (TPSA) is 69.4 Å². The van der Waals surface area contributed by atoms with Crippen LogP contribution in [0.3, 0.4) is 0 Å². The molecule has 0 saturated heterocycles. The lowest BCUT2D eigenvalue weighted by Crippen LogP contribution is -2.06. The molecule has 0 bridgehead atoms. The van der Waals surface area contributed by atoms with Crippen LogP contribution in [-0.4, -0.2) is 40.9 Å². The summed E-state index contributed by atoms with van der Waals surface area (Å²) in [6.07, 6.45) is 1.63. The molecule has 96 valence electrons. The maximum atomic E-state index is 8.99. The lowest BCUT2D eigenvalue weighted by Gasteiger charge is -2.11. The van der Waals surface area contributed by atoms with Crippen LogP contribution >= 0.6 is 0 Å². The van der Waals surface area contributed by atoms with E-state index in [0.29, 0.717) is 12.3 Å².